The highest BCUT2D eigenvalue weighted by atomic mass is 79.9. The van der Waals surface area contributed by atoms with Crippen LogP contribution in [-0.2, 0) is 48.5 Å². The SMILES string of the molecule is CBr.CC.CC.CC.CC.CC.CC.CC.CC.CC.CC.CC.CC.CC1(C)OB(c2ccc3c(c2)-c2ccccc2C3)OC1(C)C.CCCCC.Clc1ccc2c(c1)Cc1ccc(-c3ccc4c(c3)-c3ccccc3C4)cc1-2.Clc1ccc2c(c1)Cc1ccc(Br)cc1-2.Cn1c2ccc(-c3ccc4c(c3)-c3ccccc3C4)cc2c2ccc(Cl)cc21. The van der Waals surface area contributed by atoms with Crippen molar-refractivity contribution in [2.24, 2.45) is 7.05 Å². The quantitative estimate of drug-likeness (QED) is 0.127. The highest BCUT2D eigenvalue weighted by Crippen LogP contribution is 2.46. The first-order valence-electron chi connectivity index (χ1n) is 46.5. The van der Waals surface area contributed by atoms with Crippen LogP contribution in [0.4, 0.5) is 0 Å². The van der Waals surface area contributed by atoms with Gasteiger partial charge < -0.3 is 13.9 Å². The molecule has 0 spiro atoms. The van der Waals surface area contributed by atoms with Gasteiger partial charge in [-0.3, -0.25) is 0 Å². The normalized spacial score (nSPS) is 11.9. The maximum absolute atomic E-state index is 6.23. The van der Waals surface area contributed by atoms with Crippen molar-refractivity contribution in [3.8, 4) is 77.9 Å². The van der Waals surface area contributed by atoms with Crippen LogP contribution in [-0.4, -0.2) is 28.7 Å². The predicted molar refractivity (Wildman–Crippen MR) is 567 cm³/mol. The van der Waals surface area contributed by atoms with Gasteiger partial charge in [0.05, 0.1) is 16.7 Å². The number of halogens is 5. The zero-order valence-corrected chi connectivity index (χ0v) is 86.8. The molecular formula is C114H151BBr2Cl3NO2. The number of aromatic nitrogens is 1. The van der Waals surface area contributed by atoms with Crippen LogP contribution in [0.3, 0.4) is 0 Å². The van der Waals surface area contributed by atoms with Gasteiger partial charge in [-0.25, -0.2) is 0 Å². The van der Waals surface area contributed by atoms with Crippen LogP contribution in [0, 0.1) is 0 Å². The molecule has 1 aromatic heterocycles. The van der Waals surface area contributed by atoms with Crippen LogP contribution in [0.25, 0.3) is 99.7 Å². The molecule has 3 nitrogen and oxygen atoms in total. The standard InChI is InChI=1S/C26H18ClN.C26H17Cl.C19H21BO2.C13H8BrCl.C5H12.12C2H6.CH3Br/c1-28-25-11-8-17(14-24(25)22-10-9-20(27)15-26(22)28)16-6-7-19-12-18-4-2-3-5-21(18)23(19)13-16;27-22-9-10-24-21(13-22)12-20-8-6-17(15-26(20)24)16-5-7-19-11-18-3-1-2-4-23(18)25(19)14-16;1-18(2)19(3,4)22-20(21-18)15-10-9-14-11-13-7-5-6-8-16(13)17(14)12-15;14-10-2-1-8-5-9-6-11(15)3-4-12(9)13(8)7-10;1-3-5-4-2;13*1-2/h2-11,13-15H,12H2,1H3;1-10,13-15H,11-12H2;5-10,12H,11H2,1-4H3;1-4,6-7H,5H2;3-5H2,1-2H3;12*1-2H3;1H3. The summed E-state index contributed by atoms with van der Waals surface area (Å²) in [4.78, 5) is 0. The Morgan fingerprint density at radius 3 is 0.959 bits per heavy atom. The second-order valence-electron chi connectivity index (χ2n) is 27.7. The molecule has 1 aliphatic heterocycles. The van der Waals surface area contributed by atoms with Gasteiger partial charge in [0.1, 0.15) is 0 Å². The van der Waals surface area contributed by atoms with Gasteiger partial charge in [-0.05, 0) is 283 Å². The number of hydrogen-bond acceptors (Lipinski definition) is 2. The number of nitrogens with zero attached hydrogens (tertiary/aromatic N) is 1. The topological polar surface area (TPSA) is 23.4 Å². The molecule has 9 heteroatoms. The van der Waals surface area contributed by atoms with Crippen LogP contribution >= 0.6 is 66.7 Å². The van der Waals surface area contributed by atoms with Crippen molar-refractivity contribution < 1.29 is 9.31 Å². The molecule has 5 aliphatic carbocycles. The second kappa shape index (κ2) is 58.5. The molecule has 12 aromatic carbocycles. The molecule has 13 aromatic rings. The summed E-state index contributed by atoms with van der Waals surface area (Å²) in [5.74, 6) is 1.81. The Morgan fingerprint density at radius 2 is 0.585 bits per heavy atom. The van der Waals surface area contributed by atoms with Crippen molar-refractivity contribution in [3.63, 3.8) is 0 Å². The molecule has 0 bridgehead atoms. The molecule has 0 unspecified atom stereocenters. The first-order valence-corrected chi connectivity index (χ1v) is 50.0. The summed E-state index contributed by atoms with van der Waals surface area (Å²) in [5.41, 5.74) is 35.4. The van der Waals surface area contributed by atoms with Crippen LogP contribution in [0.5, 0.6) is 0 Å². The minimum atomic E-state index is -0.297. The summed E-state index contributed by atoms with van der Waals surface area (Å²) in [6.45, 7) is 60.8. The molecule has 6 aliphatic rings. The van der Waals surface area contributed by atoms with E-state index in [-0.39, 0.29) is 18.3 Å². The van der Waals surface area contributed by atoms with E-state index in [1.54, 1.807) is 0 Å². The summed E-state index contributed by atoms with van der Waals surface area (Å²) < 4.78 is 15.7. The highest BCUT2D eigenvalue weighted by molar-refractivity contribution is 9.10. The third-order valence-electron chi connectivity index (χ3n) is 20.9. The summed E-state index contributed by atoms with van der Waals surface area (Å²) in [7, 11) is 1.82. The minimum Gasteiger partial charge on any atom is -0.399 e. The van der Waals surface area contributed by atoms with Gasteiger partial charge in [-0.1, -0.05) is 424 Å². The average molecular weight is 1840 g/mol. The smallest absolute Gasteiger partial charge is 0.399 e. The Bertz CT molecular complexity index is 5250. The lowest BCUT2D eigenvalue weighted by Gasteiger charge is -2.32. The van der Waals surface area contributed by atoms with Crippen LogP contribution < -0.4 is 5.46 Å². The van der Waals surface area contributed by atoms with Gasteiger partial charge in [-0.2, -0.15) is 0 Å². The van der Waals surface area contributed by atoms with Crippen LogP contribution in [0.1, 0.15) is 283 Å². The fourth-order valence-corrected chi connectivity index (χ4v) is 16.0. The van der Waals surface area contributed by atoms with Gasteiger partial charge in [0, 0.05) is 42.9 Å². The van der Waals surface area contributed by atoms with Crippen molar-refractivity contribution in [1.82, 2.24) is 4.57 Å². The molecule has 19 rings (SSSR count). The van der Waals surface area contributed by atoms with E-state index < -0.39 is 0 Å². The van der Waals surface area contributed by atoms with Gasteiger partial charge in [-0.15, -0.1) is 0 Å². The average Bonchev–Trinajstić information content (AvgIpc) is 1.61. The Labute approximate surface area is 781 Å². The monoisotopic (exact) mass is 1840 g/mol. The number of fused-ring (bicyclic) bond motifs is 18. The Morgan fingerprint density at radius 1 is 0.293 bits per heavy atom. The summed E-state index contributed by atoms with van der Waals surface area (Å²) >= 11 is 24.8. The molecule has 1 saturated heterocycles. The third kappa shape index (κ3) is 27.9. The largest absolute Gasteiger partial charge is 0.494 e. The van der Waals surface area contributed by atoms with E-state index >= 15 is 0 Å². The van der Waals surface area contributed by atoms with E-state index in [4.69, 9.17) is 44.1 Å². The molecule has 0 amide bonds. The maximum atomic E-state index is 6.23. The number of unbranched alkanes of at least 4 members (excludes halogenated alkanes) is 2. The van der Waals surface area contributed by atoms with Crippen molar-refractivity contribution in [2.75, 3.05) is 5.83 Å². The van der Waals surface area contributed by atoms with E-state index in [2.05, 4.69) is 297 Å². The van der Waals surface area contributed by atoms with E-state index in [0.717, 1.165) is 57.1 Å². The molecule has 0 radical (unpaired) electrons. The van der Waals surface area contributed by atoms with E-state index in [0.29, 0.717) is 0 Å². The van der Waals surface area contributed by atoms with Crippen molar-refractivity contribution in [3.05, 3.63) is 312 Å². The first-order chi connectivity index (χ1) is 60.0. The highest BCUT2D eigenvalue weighted by Gasteiger charge is 2.52. The van der Waals surface area contributed by atoms with E-state index in [9.17, 15) is 0 Å². The lowest BCUT2D eigenvalue weighted by molar-refractivity contribution is 0.00578. The molecule has 0 saturated carbocycles. The molecule has 662 valence electrons. The van der Waals surface area contributed by atoms with E-state index in [1.165, 1.54) is 175 Å². The van der Waals surface area contributed by atoms with Gasteiger partial charge in [0.25, 0.3) is 0 Å². The molecular weight excluding hydrogens is 1690 g/mol. The maximum Gasteiger partial charge on any atom is 0.494 e. The van der Waals surface area contributed by atoms with E-state index in [1.807, 2.05) is 196 Å². The van der Waals surface area contributed by atoms with Crippen LogP contribution in [0.2, 0.25) is 15.1 Å². The predicted octanol–water partition coefficient (Wildman–Crippen LogP) is 38.1. The number of alkyl halides is 1. The van der Waals surface area contributed by atoms with Crippen molar-refractivity contribution in [2.45, 2.75) is 270 Å². The zero-order chi connectivity index (χ0) is 92.9. The van der Waals surface area contributed by atoms with Gasteiger partial charge in [0.15, 0.2) is 0 Å². The van der Waals surface area contributed by atoms with Gasteiger partial charge in [0.2, 0.25) is 0 Å². The Balaban J connectivity index is 0.000000507. The lowest BCUT2D eigenvalue weighted by Crippen LogP contribution is -2.41. The molecule has 2 heterocycles. The Kier molecular flexibility index (Phi) is 53.0. The zero-order valence-electron chi connectivity index (χ0n) is 81.4. The fourth-order valence-electron chi connectivity index (χ4n) is 15.1. The number of rotatable bonds is 5. The summed E-state index contributed by atoms with van der Waals surface area (Å²) in [6, 6.07) is 85.2. The fraction of sp³-hybridized carbons (Fsp3) is 0.368. The van der Waals surface area contributed by atoms with Gasteiger partial charge >= 0.3 is 7.12 Å². The summed E-state index contributed by atoms with van der Waals surface area (Å²) in [6.07, 6.45) is 9.16. The molecule has 1 fully saturated rings. The third-order valence-corrected chi connectivity index (χ3v) is 22.1. The molecule has 0 atom stereocenters. The number of hydrogen-bond donors (Lipinski definition) is 0. The minimum absolute atomic E-state index is 0.289. The number of benzene rings is 12. The first kappa shape index (κ1) is 111. The summed E-state index contributed by atoms with van der Waals surface area (Å²) in [5, 5.41) is 4.93. The van der Waals surface area contributed by atoms with Crippen molar-refractivity contribution in [1.29, 1.82) is 0 Å². The number of aryl methyl sites for hydroxylation is 1. The van der Waals surface area contributed by atoms with Crippen LogP contribution in [0.15, 0.2) is 241 Å². The molecule has 123 heavy (non-hydrogen) atoms. The molecule has 0 N–H and O–H groups in total. The second-order valence-corrected chi connectivity index (χ2v) is 29.9. The Hall–Kier alpha value is -7.75. The van der Waals surface area contributed by atoms with Crippen molar-refractivity contribution >= 4 is 101 Å². The lowest BCUT2D eigenvalue weighted by atomic mass is 9.77.